The van der Waals surface area contributed by atoms with E-state index in [1.54, 1.807) is 0 Å². The number of nitrogens with zero attached hydrogens (tertiary/aromatic N) is 2. The predicted octanol–water partition coefficient (Wildman–Crippen LogP) is 2.10. The third kappa shape index (κ3) is 4.39. The van der Waals surface area contributed by atoms with Crippen molar-refractivity contribution in [3.8, 4) is 5.88 Å². The van der Waals surface area contributed by atoms with Crippen LogP contribution in [-0.4, -0.2) is 34.2 Å². The molecule has 0 aromatic carbocycles. The summed E-state index contributed by atoms with van der Waals surface area (Å²) in [6, 6.07) is 0. The topological polar surface area (TPSA) is 84.3 Å². The maximum Gasteiger partial charge on any atom is 0.308 e. The lowest BCUT2D eigenvalue weighted by molar-refractivity contribution is -0.141. The Kier molecular flexibility index (Phi) is 6.05. The average molecular weight is 267 g/mol. The Bertz CT molecular complexity index is 424. The zero-order valence-corrected chi connectivity index (χ0v) is 11.6. The lowest BCUT2D eigenvalue weighted by Gasteiger charge is -2.15. The predicted molar refractivity (Wildman–Crippen MR) is 72.5 cm³/mol. The minimum atomic E-state index is -0.786. The smallest absolute Gasteiger partial charge is 0.308 e. The van der Waals surface area contributed by atoms with Crippen LogP contribution in [0.3, 0.4) is 0 Å². The average Bonchev–Trinajstić information content (AvgIpc) is 2.38. The van der Waals surface area contributed by atoms with Crippen molar-refractivity contribution in [3.05, 3.63) is 11.9 Å². The Hall–Kier alpha value is -1.85. The molecule has 1 aromatic rings. The van der Waals surface area contributed by atoms with Gasteiger partial charge in [0.2, 0.25) is 5.88 Å². The van der Waals surface area contributed by atoms with Crippen LogP contribution >= 0.6 is 0 Å². The van der Waals surface area contributed by atoms with E-state index in [-0.39, 0.29) is 0 Å². The number of rotatable bonds is 8. The van der Waals surface area contributed by atoms with Gasteiger partial charge in [0.1, 0.15) is 12.1 Å². The highest BCUT2D eigenvalue weighted by Gasteiger charge is 2.17. The van der Waals surface area contributed by atoms with E-state index >= 15 is 0 Å². The number of hydrogen-bond donors (Lipinski definition) is 2. The monoisotopic (exact) mass is 267 g/mol. The molecule has 0 fully saturated rings. The normalized spacial score (nSPS) is 11.9. The van der Waals surface area contributed by atoms with Crippen molar-refractivity contribution in [2.75, 3.05) is 18.5 Å². The van der Waals surface area contributed by atoms with Crippen LogP contribution in [0.5, 0.6) is 5.88 Å². The fourth-order valence-corrected chi connectivity index (χ4v) is 1.78. The molecule has 106 valence electrons. The van der Waals surface area contributed by atoms with Gasteiger partial charge in [0, 0.05) is 6.54 Å². The van der Waals surface area contributed by atoms with Crippen molar-refractivity contribution < 1.29 is 14.6 Å². The van der Waals surface area contributed by atoms with E-state index in [2.05, 4.69) is 15.3 Å². The second-order valence-electron chi connectivity index (χ2n) is 4.29. The van der Waals surface area contributed by atoms with Crippen molar-refractivity contribution >= 4 is 11.8 Å². The van der Waals surface area contributed by atoms with E-state index in [0.29, 0.717) is 31.3 Å². The summed E-state index contributed by atoms with van der Waals surface area (Å²) < 4.78 is 5.37. The first kappa shape index (κ1) is 15.2. The van der Waals surface area contributed by atoms with E-state index in [1.165, 1.54) is 6.33 Å². The van der Waals surface area contributed by atoms with Gasteiger partial charge in [0.15, 0.2) is 0 Å². The van der Waals surface area contributed by atoms with E-state index in [4.69, 9.17) is 9.84 Å². The summed E-state index contributed by atoms with van der Waals surface area (Å²) in [4.78, 5) is 19.2. The van der Waals surface area contributed by atoms with Gasteiger partial charge in [0.25, 0.3) is 0 Å². The summed E-state index contributed by atoms with van der Waals surface area (Å²) in [5, 5.41) is 12.2. The van der Waals surface area contributed by atoms with Crippen molar-refractivity contribution in [2.45, 2.75) is 33.6 Å². The van der Waals surface area contributed by atoms with Crippen LogP contribution in [0.4, 0.5) is 5.82 Å². The summed E-state index contributed by atoms with van der Waals surface area (Å²) in [7, 11) is 0. The zero-order valence-electron chi connectivity index (χ0n) is 11.6. The molecule has 0 bridgehead atoms. The third-order valence-corrected chi connectivity index (χ3v) is 2.82. The molecule has 0 saturated heterocycles. The van der Waals surface area contributed by atoms with Gasteiger partial charge >= 0.3 is 5.97 Å². The lowest BCUT2D eigenvalue weighted by Crippen LogP contribution is -2.23. The first-order chi connectivity index (χ1) is 9.10. The number of carbonyl (C=O) groups is 1. The molecule has 0 saturated carbocycles. The number of aromatic nitrogens is 2. The molecule has 0 aliphatic carbocycles. The summed E-state index contributed by atoms with van der Waals surface area (Å²) in [6.07, 6.45) is 2.90. The molecule has 0 spiro atoms. The Morgan fingerprint density at radius 3 is 2.79 bits per heavy atom. The first-order valence-corrected chi connectivity index (χ1v) is 6.51. The molecule has 2 N–H and O–H groups in total. The molecular weight excluding hydrogens is 246 g/mol. The maximum atomic E-state index is 11.1. The number of anilines is 1. The Morgan fingerprint density at radius 2 is 2.21 bits per heavy atom. The van der Waals surface area contributed by atoms with Gasteiger partial charge in [-0.1, -0.05) is 13.3 Å². The number of hydrogen-bond acceptors (Lipinski definition) is 5. The molecule has 1 atom stereocenters. The molecular formula is C13H21N3O3. The fourth-order valence-electron chi connectivity index (χ4n) is 1.78. The molecule has 1 aromatic heterocycles. The highest BCUT2D eigenvalue weighted by atomic mass is 16.5. The second kappa shape index (κ2) is 7.56. The van der Waals surface area contributed by atoms with Crippen LogP contribution < -0.4 is 10.1 Å². The standard InChI is InChI=1S/C13H21N3O3/c1-4-6-10(13(17)18)7-14-11-9(3)12(19-5-2)16-8-15-11/h8,10H,4-7H2,1-3H3,(H,17,18)(H,14,15,16). The SMILES string of the molecule is CCCC(CNc1ncnc(OCC)c1C)C(=O)O. The maximum absolute atomic E-state index is 11.1. The molecule has 1 unspecified atom stereocenters. The van der Waals surface area contributed by atoms with Crippen LogP contribution in [0, 0.1) is 12.8 Å². The van der Waals surface area contributed by atoms with Crippen LogP contribution in [0.2, 0.25) is 0 Å². The van der Waals surface area contributed by atoms with Gasteiger partial charge in [-0.25, -0.2) is 9.97 Å². The van der Waals surface area contributed by atoms with Crippen molar-refractivity contribution in [3.63, 3.8) is 0 Å². The minimum Gasteiger partial charge on any atom is -0.481 e. The number of carboxylic acids is 1. The second-order valence-corrected chi connectivity index (χ2v) is 4.29. The van der Waals surface area contributed by atoms with Gasteiger partial charge in [-0.2, -0.15) is 0 Å². The van der Waals surface area contributed by atoms with Crippen LogP contribution in [0.15, 0.2) is 6.33 Å². The molecule has 6 nitrogen and oxygen atoms in total. The van der Waals surface area contributed by atoms with Crippen molar-refractivity contribution in [2.24, 2.45) is 5.92 Å². The van der Waals surface area contributed by atoms with Crippen molar-refractivity contribution in [1.29, 1.82) is 0 Å². The van der Waals surface area contributed by atoms with Gasteiger partial charge in [0.05, 0.1) is 18.1 Å². The van der Waals surface area contributed by atoms with Gasteiger partial charge in [-0.15, -0.1) is 0 Å². The highest BCUT2D eigenvalue weighted by molar-refractivity contribution is 5.70. The van der Waals surface area contributed by atoms with Gasteiger partial charge < -0.3 is 15.2 Å². The molecule has 6 heteroatoms. The van der Waals surface area contributed by atoms with E-state index in [0.717, 1.165) is 12.0 Å². The lowest BCUT2D eigenvalue weighted by atomic mass is 10.0. The van der Waals surface area contributed by atoms with Crippen LogP contribution in [0.1, 0.15) is 32.3 Å². The number of carboxylic acid groups (broad SMARTS) is 1. The summed E-state index contributed by atoms with van der Waals surface area (Å²) in [6.45, 7) is 6.59. The Balaban J connectivity index is 2.71. The molecule has 1 rings (SSSR count). The highest BCUT2D eigenvalue weighted by Crippen LogP contribution is 2.20. The van der Waals surface area contributed by atoms with E-state index in [9.17, 15) is 4.79 Å². The molecule has 0 aliphatic rings. The third-order valence-electron chi connectivity index (χ3n) is 2.82. The Labute approximate surface area is 113 Å². The van der Waals surface area contributed by atoms with E-state index in [1.807, 2.05) is 20.8 Å². The number of nitrogens with one attached hydrogen (secondary N) is 1. The molecule has 0 aliphatic heterocycles. The fraction of sp³-hybridized carbons (Fsp3) is 0.615. The molecule has 0 amide bonds. The van der Waals surface area contributed by atoms with Crippen molar-refractivity contribution in [1.82, 2.24) is 9.97 Å². The van der Waals surface area contributed by atoms with Crippen LogP contribution in [-0.2, 0) is 4.79 Å². The first-order valence-electron chi connectivity index (χ1n) is 6.51. The number of aliphatic carboxylic acids is 1. The number of ether oxygens (including phenoxy) is 1. The summed E-state index contributed by atoms with van der Waals surface area (Å²) >= 11 is 0. The van der Waals surface area contributed by atoms with Gasteiger partial charge in [-0.05, 0) is 20.3 Å². The van der Waals surface area contributed by atoms with Gasteiger partial charge in [-0.3, -0.25) is 4.79 Å². The zero-order chi connectivity index (χ0) is 14.3. The minimum absolute atomic E-state index is 0.354. The largest absolute Gasteiger partial charge is 0.481 e. The molecule has 19 heavy (non-hydrogen) atoms. The van der Waals surface area contributed by atoms with E-state index < -0.39 is 11.9 Å². The molecule has 1 heterocycles. The summed E-state index contributed by atoms with van der Waals surface area (Å²) in [5.41, 5.74) is 0.796. The van der Waals surface area contributed by atoms with Crippen LogP contribution in [0.25, 0.3) is 0 Å². The summed E-state index contributed by atoms with van der Waals surface area (Å²) in [5.74, 6) is -0.0378. The molecule has 0 radical (unpaired) electrons. The quantitative estimate of drug-likeness (QED) is 0.750. The Morgan fingerprint density at radius 1 is 1.47 bits per heavy atom.